The van der Waals surface area contributed by atoms with Crippen LogP contribution in [0.25, 0.3) is 0 Å². The van der Waals surface area contributed by atoms with Gasteiger partial charge in [-0.05, 0) is 26.7 Å². The highest BCUT2D eigenvalue weighted by Gasteiger charge is 2.22. The van der Waals surface area contributed by atoms with Gasteiger partial charge in [-0.2, -0.15) is 5.10 Å². The summed E-state index contributed by atoms with van der Waals surface area (Å²) in [5.74, 6) is -0.00120. The van der Waals surface area contributed by atoms with Crippen LogP contribution in [0.4, 0.5) is 5.82 Å². The Kier molecular flexibility index (Phi) is 5.12. The van der Waals surface area contributed by atoms with Gasteiger partial charge in [0.15, 0.2) is 5.82 Å². The van der Waals surface area contributed by atoms with E-state index in [2.05, 4.69) is 9.82 Å². The van der Waals surface area contributed by atoms with Gasteiger partial charge in [-0.3, -0.25) is 4.68 Å². The van der Waals surface area contributed by atoms with Crippen LogP contribution in [0.15, 0.2) is 11.1 Å². The minimum atomic E-state index is -3.65. The Labute approximate surface area is 107 Å². The van der Waals surface area contributed by atoms with Crippen molar-refractivity contribution in [3.63, 3.8) is 0 Å². The van der Waals surface area contributed by atoms with E-state index in [1.165, 1.54) is 10.9 Å². The summed E-state index contributed by atoms with van der Waals surface area (Å²) in [6.45, 7) is 4.19. The van der Waals surface area contributed by atoms with Crippen LogP contribution in [0.5, 0.6) is 0 Å². The second kappa shape index (κ2) is 6.17. The fourth-order valence-electron chi connectivity index (χ4n) is 1.57. The van der Waals surface area contributed by atoms with Crippen molar-refractivity contribution in [1.82, 2.24) is 14.5 Å². The standard InChI is InChI=1S/C10H20N4O3S/c1-3-14-7-9(10(11)12-14)18(16,17)13-8(2)5-4-6-15/h7-8,13,15H,3-6H2,1-2H3,(H2,11,12). The minimum Gasteiger partial charge on any atom is -0.396 e. The normalized spacial score (nSPS) is 13.7. The lowest BCUT2D eigenvalue weighted by molar-refractivity contribution is 0.279. The molecule has 0 spiro atoms. The molecule has 0 fully saturated rings. The Morgan fingerprint density at radius 2 is 2.28 bits per heavy atom. The van der Waals surface area contributed by atoms with Crippen molar-refractivity contribution >= 4 is 15.8 Å². The first kappa shape index (κ1) is 14.9. The molecule has 0 saturated carbocycles. The van der Waals surface area contributed by atoms with Gasteiger partial charge in [0.05, 0.1) is 0 Å². The van der Waals surface area contributed by atoms with Crippen LogP contribution in [-0.2, 0) is 16.6 Å². The molecular formula is C10H20N4O3S. The topological polar surface area (TPSA) is 110 Å². The van der Waals surface area contributed by atoms with Gasteiger partial charge in [-0.1, -0.05) is 0 Å². The molecule has 8 heteroatoms. The van der Waals surface area contributed by atoms with E-state index < -0.39 is 10.0 Å². The van der Waals surface area contributed by atoms with E-state index >= 15 is 0 Å². The minimum absolute atomic E-state index is 0.000184. The van der Waals surface area contributed by atoms with Crippen LogP contribution >= 0.6 is 0 Å². The molecule has 1 atom stereocenters. The van der Waals surface area contributed by atoms with E-state index in [1.807, 2.05) is 6.92 Å². The van der Waals surface area contributed by atoms with Gasteiger partial charge in [-0.25, -0.2) is 13.1 Å². The third kappa shape index (κ3) is 3.69. The van der Waals surface area contributed by atoms with Crippen LogP contribution < -0.4 is 10.5 Å². The number of aryl methyl sites for hydroxylation is 1. The van der Waals surface area contributed by atoms with Gasteiger partial charge >= 0.3 is 0 Å². The summed E-state index contributed by atoms with van der Waals surface area (Å²) in [4.78, 5) is 0.000184. The summed E-state index contributed by atoms with van der Waals surface area (Å²) in [7, 11) is -3.65. The maximum absolute atomic E-state index is 12.0. The van der Waals surface area contributed by atoms with Crippen LogP contribution in [0.3, 0.4) is 0 Å². The van der Waals surface area contributed by atoms with Crippen molar-refractivity contribution in [2.45, 2.75) is 44.2 Å². The van der Waals surface area contributed by atoms with Crippen molar-refractivity contribution in [3.05, 3.63) is 6.20 Å². The zero-order chi connectivity index (χ0) is 13.8. The first-order valence-corrected chi connectivity index (χ1v) is 7.35. The second-order valence-corrected chi connectivity index (χ2v) is 5.80. The molecule has 0 radical (unpaired) electrons. The molecule has 104 valence electrons. The van der Waals surface area contributed by atoms with Crippen molar-refractivity contribution in [2.24, 2.45) is 0 Å². The number of nitrogen functional groups attached to an aromatic ring is 1. The smallest absolute Gasteiger partial charge is 0.246 e. The summed E-state index contributed by atoms with van der Waals surface area (Å²) in [5, 5.41) is 12.6. The van der Waals surface area contributed by atoms with E-state index in [4.69, 9.17) is 10.8 Å². The van der Waals surface area contributed by atoms with Gasteiger partial charge in [-0.15, -0.1) is 0 Å². The molecule has 1 heterocycles. The summed E-state index contributed by atoms with van der Waals surface area (Å²) >= 11 is 0. The number of nitrogens with one attached hydrogen (secondary N) is 1. The highest BCUT2D eigenvalue weighted by Crippen LogP contribution is 2.16. The van der Waals surface area contributed by atoms with Crippen LogP contribution in [0, 0.1) is 0 Å². The zero-order valence-corrected chi connectivity index (χ0v) is 11.4. The SMILES string of the molecule is CCn1cc(S(=O)(=O)NC(C)CCCO)c(N)n1. The lowest BCUT2D eigenvalue weighted by Gasteiger charge is -2.12. The monoisotopic (exact) mass is 276 g/mol. The van der Waals surface area contributed by atoms with E-state index in [-0.39, 0.29) is 23.4 Å². The lowest BCUT2D eigenvalue weighted by Crippen LogP contribution is -2.32. The molecule has 0 amide bonds. The number of rotatable bonds is 7. The second-order valence-electron chi connectivity index (χ2n) is 4.12. The van der Waals surface area contributed by atoms with Crippen molar-refractivity contribution < 1.29 is 13.5 Å². The van der Waals surface area contributed by atoms with E-state index in [0.29, 0.717) is 19.4 Å². The number of nitrogens with two attached hydrogens (primary N) is 1. The van der Waals surface area contributed by atoms with Gasteiger partial charge in [0.1, 0.15) is 4.90 Å². The van der Waals surface area contributed by atoms with E-state index in [9.17, 15) is 8.42 Å². The Balaban J connectivity index is 2.82. The Bertz CT molecular complexity index is 483. The average molecular weight is 276 g/mol. The quantitative estimate of drug-likeness (QED) is 0.645. The molecule has 0 aliphatic carbocycles. The van der Waals surface area contributed by atoms with E-state index in [0.717, 1.165) is 0 Å². The summed E-state index contributed by atoms with van der Waals surface area (Å²) < 4.78 is 28.1. The molecular weight excluding hydrogens is 256 g/mol. The molecule has 7 nitrogen and oxygen atoms in total. The Morgan fingerprint density at radius 1 is 1.61 bits per heavy atom. The number of sulfonamides is 1. The molecule has 0 aliphatic rings. The number of hydrogen-bond donors (Lipinski definition) is 3. The number of anilines is 1. The molecule has 0 saturated heterocycles. The molecule has 0 aromatic carbocycles. The predicted octanol–water partition coefficient (Wildman–Crippen LogP) is -0.0755. The molecule has 1 aromatic rings. The van der Waals surface area contributed by atoms with Crippen LogP contribution in [-0.4, -0.2) is 36.0 Å². The molecule has 1 rings (SSSR count). The average Bonchev–Trinajstić information content (AvgIpc) is 2.68. The van der Waals surface area contributed by atoms with Crippen molar-refractivity contribution in [1.29, 1.82) is 0 Å². The maximum Gasteiger partial charge on any atom is 0.246 e. The molecule has 1 unspecified atom stereocenters. The van der Waals surface area contributed by atoms with Crippen molar-refractivity contribution in [2.75, 3.05) is 12.3 Å². The molecule has 0 aliphatic heterocycles. The molecule has 0 bridgehead atoms. The third-order valence-corrected chi connectivity index (χ3v) is 4.13. The zero-order valence-electron chi connectivity index (χ0n) is 10.6. The van der Waals surface area contributed by atoms with Crippen molar-refractivity contribution in [3.8, 4) is 0 Å². The van der Waals surface area contributed by atoms with Gasteiger partial charge < -0.3 is 10.8 Å². The molecule has 1 aromatic heterocycles. The summed E-state index contributed by atoms with van der Waals surface area (Å²) in [6, 6.07) is -0.258. The van der Waals surface area contributed by atoms with Gasteiger partial charge in [0, 0.05) is 25.4 Å². The fourth-order valence-corrected chi connectivity index (χ4v) is 2.92. The number of aromatic nitrogens is 2. The molecule has 18 heavy (non-hydrogen) atoms. The third-order valence-electron chi connectivity index (χ3n) is 2.52. The first-order valence-electron chi connectivity index (χ1n) is 5.86. The highest BCUT2D eigenvalue weighted by molar-refractivity contribution is 7.89. The van der Waals surface area contributed by atoms with E-state index in [1.54, 1.807) is 6.92 Å². The Hall–Kier alpha value is -1.12. The van der Waals surface area contributed by atoms with Crippen LogP contribution in [0.1, 0.15) is 26.7 Å². The largest absolute Gasteiger partial charge is 0.396 e. The summed E-state index contributed by atoms with van der Waals surface area (Å²) in [6.07, 6.45) is 2.53. The number of hydrogen-bond acceptors (Lipinski definition) is 5. The predicted molar refractivity (Wildman–Crippen MR) is 68.4 cm³/mol. The number of aliphatic hydroxyl groups is 1. The first-order chi connectivity index (χ1) is 8.40. The Morgan fingerprint density at radius 3 is 2.78 bits per heavy atom. The maximum atomic E-state index is 12.0. The number of aliphatic hydroxyl groups excluding tert-OH is 1. The van der Waals surface area contributed by atoms with Gasteiger partial charge in [0.2, 0.25) is 10.0 Å². The van der Waals surface area contributed by atoms with Crippen LogP contribution in [0.2, 0.25) is 0 Å². The fraction of sp³-hybridized carbons (Fsp3) is 0.700. The highest BCUT2D eigenvalue weighted by atomic mass is 32.2. The van der Waals surface area contributed by atoms with Gasteiger partial charge in [0.25, 0.3) is 0 Å². The number of nitrogens with zero attached hydrogens (tertiary/aromatic N) is 2. The molecule has 4 N–H and O–H groups in total. The lowest BCUT2D eigenvalue weighted by atomic mass is 10.2. The summed E-state index contributed by atoms with van der Waals surface area (Å²) in [5.41, 5.74) is 5.59.